The first kappa shape index (κ1) is 22.1. The number of carbonyl (C=O) groups excluding carboxylic acids is 1. The zero-order valence-corrected chi connectivity index (χ0v) is 16.9. The second kappa shape index (κ2) is 9.84. The van der Waals surface area contributed by atoms with Crippen LogP contribution < -0.4 is 11.1 Å². The summed E-state index contributed by atoms with van der Waals surface area (Å²) in [5.74, 6) is 0.544. The number of nitrogens with one attached hydrogen (secondary N) is 1. The van der Waals surface area contributed by atoms with Gasteiger partial charge in [0.2, 0.25) is 15.9 Å². The number of carbonyl (C=O) groups is 1. The average molecular weight is 418 g/mol. The van der Waals surface area contributed by atoms with Crippen molar-refractivity contribution >= 4 is 28.3 Å². The Morgan fingerprint density at radius 3 is 2.44 bits per heavy atom. The first-order chi connectivity index (χ1) is 12.5. The quantitative estimate of drug-likeness (QED) is 0.654. The van der Waals surface area contributed by atoms with Crippen LogP contribution in [0.5, 0.6) is 0 Å². The Morgan fingerprint density at radius 2 is 1.85 bits per heavy atom. The number of morpholine rings is 1. The molecular formula is C18H28ClN3O4S. The van der Waals surface area contributed by atoms with E-state index in [0.29, 0.717) is 51.6 Å². The lowest BCUT2D eigenvalue weighted by atomic mass is 10.1. The van der Waals surface area contributed by atoms with E-state index in [9.17, 15) is 13.2 Å². The van der Waals surface area contributed by atoms with Gasteiger partial charge in [-0.1, -0.05) is 12.1 Å². The van der Waals surface area contributed by atoms with Gasteiger partial charge in [-0.15, -0.1) is 12.4 Å². The highest BCUT2D eigenvalue weighted by Gasteiger charge is 2.28. The van der Waals surface area contributed by atoms with Crippen molar-refractivity contribution in [3.63, 3.8) is 0 Å². The number of nitrogens with zero attached hydrogens (tertiary/aromatic N) is 1. The molecule has 0 aromatic heterocycles. The second-order valence-electron chi connectivity index (χ2n) is 6.97. The lowest BCUT2D eigenvalue weighted by Crippen LogP contribution is -2.40. The Kier molecular flexibility index (Phi) is 8.05. The molecular weight excluding hydrogens is 390 g/mol. The maximum atomic E-state index is 12.6. The van der Waals surface area contributed by atoms with E-state index >= 15 is 0 Å². The molecule has 9 heteroatoms. The van der Waals surface area contributed by atoms with E-state index in [2.05, 4.69) is 5.32 Å². The van der Waals surface area contributed by atoms with E-state index in [4.69, 9.17) is 10.5 Å². The van der Waals surface area contributed by atoms with Crippen LogP contribution in [0.2, 0.25) is 0 Å². The van der Waals surface area contributed by atoms with Crippen molar-refractivity contribution in [2.45, 2.75) is 36.6 Å². The van der Waals surface area contributed by atoms with Crippen LogP contribution in [-0.2, 0) is 26.0 Å². The molecule has 152 valence electrons. The van der Waals surface area contributed by atoms with Gasteiger partial charge in [-0.2, -0.15) is 4.31 Å². The number of hydrogen-bond donors (Lipinski definition) is 2. The number of nitrogens with two attached hydrogens (primary N) is 1. The lowest BCUT2D eigenvalue weighted by molar-refractivity contribution is -0.121. The molecule has 1 saturated carbocycles. The maximum Gasteiger partial charge on any atom is 0.243 e. The van der Waals surface area contributed by atoms with Crippen molar-refractivity contribution in [1.29, 1.82) is 0 Å². The number of sulfonamides is 1. The van der Waals surface area contributed by atoms with Crippen LogP contribution in [0.3, 0.4) is 0 Å². The third-order valence-electron chi connectivity index (χ3n) is 4.93. The largest absolute Gasteiger partial charge is 0.379 e. The molecule has 7 nitrogen and oxygen atoms in total. The Bertz CT molecular complexity index is 717. The Labute approximate surface area is 167 Å². The van der Waals surface area contributed by atoms with Gasteiger partial charge in [-0.05, 0) is 42.9 Å². The maximum absolute atomic E-state index is 12.6. The van der Waals surface area contributed by atoms with Gasteiger partial charge in [-0.3, -0.25) is 4.79 Å². The SMILES string of the molecule is Cl.NC(CNC(=O)CCc1ccc(S(=O)(=O)N2CCOCC2)cc1)C1CC1. The highest BCUT2D eigenvalue weighted by Crippen LogP contribution is 2.31. The predicted molar refractivity (Wildman–Crippen MR) is 105 cm³/mol. The van der Waals surface area contributed by atoms with Gasteiger partial charge >= 0.3 is 0 Å². The summed E-state index contributed by atoms with van der Waals surface area (Å²) in [6.07, 6.45) is 3.27. The summed E-state index contributed by atoms with van der Waals surface area (Å²) in [6.45, 7) is 2.15. The summed E-state index contributed by atoms with van der Waals surface area (Å²) in [6, 6.07) is 6.83. The Balaban J connectivity index is 0.00000261. The van der Waals surface area contributed by atoms with Crippen LogP contribution in [-0.4, -0.2) is 57.5 Å². The van der Waals surface area contributed by atoms with Crippen molar-refractivity contribution < 1.29 is 17.9 Å². The standard InChI is InChI=1S/C18H27N3O4S.ClH/c19-17(15-4-5-15)13-20-18(22)8-3-14-1-6-16(7-2-14)26(23,24)21-9-11-25-12-10-21;/h1-2,6-7,15,17H,3-5,8-13,19H2,(H,20,22);1H. The Morgan fingerprint density at radius 1 is 1.22 bits per heavy atom. The molecule has 1 aliphatic carbocycles. The fourth-order valence-electron chi connectivity index (χ4n) is 3.03. The first-order valence-corrected chi connectivity index (χ1v) is 10.6. The molecule has 3 N–H and O–H groups in total. The van der Waals surface area contributed by atoms with Crippen LogP contribution in [0.4, 0.5) is 0 Å². The van der Waals surface area contributed by atoms with Crippen molar-refractivity contribution in [2.24, 2.45) is 11.7 Å². The summed E-state index contributed by atoms with van der Waals surface area (Å²) >= 11 is 0. The van der Waals surface area contributed by atoms with Crippen molar-refractivity contribution in [3.05, 3.63) is 29.8 Å². The predicted octanol–water partition coefficient (Wildman–Crippen LogP) is 0.915. The van der Waals surface area contributed by atoms with Gasteiger partial charge in [0.25, 0.3) is 0 Å². The number of benzene rings is 1. The van der Waals surface area contributed by atoms with Gasteiger partial charge in [0.1, 0.15) is 0 Å². The second-order valence-corrected chi connectivity index (χ2v) is 8.90. The molecule has 3 rings (SSSR count). The molecule has 1 amide bonds. The lowest BCUT2D eigenvalue weighted by Gasteiger charge is -2.26. The third-order valence-corrected chi connectivity index (χ3v) is 6.85. The number of ether oxygens (including phenoxy) is 1. The molecule has 0 bridgehead atoms. The number of hydrogen-bond acceptors (Lipinski definition) is 5. The molecule has 27 heavy (non-hydrogen) atoms. The van der Waals surface area contributed by atoms with Gasteiger partial charge in [-0.25, -0.2) is 8.42 Å². The summed E-state index contributed by atoms with van der Waals surface area (Å²) in [5.41, 5.74) is 6.91. The molecule has 0 radical (unpaired) electrons. The molecule has 1 unspecified atom stereocenters. The summed E-state index contributed by atoms with van der Waals surface area (Å²) in [5, 5.41) is 2.87. The molecule has 1 atom stereocenters. The number of aryl methyl sites for hydroxylation is 1. The highest BCUT2D eigenvalue weighted by molar-refractivity contribution is 7.89. The summed E-state index contributed by atoms with van der Waals surface area (Å²) < 4.78 is 31.8. The van der Waals surface area contributed by atoms with E-state index in [0.717, 1.165) is 18.4 Å². The van der Waals surface area contributed by atoms with Crippen LogP contribution >= 0.6 is 12.4 Å². The van der Waals surface area contributed by atoms with Crippen LogP contribution in [0.15, 0.2) is 29.2 Å². The van der Waals surface area contributed by atoms with Gasteiger partial charge < -0.3 is 15.8 Å². The van der Waals surface area contributed by atoms with Crippen LogP contribution in [0, 0.1) is 5.92 Å². The molecule has 1 aliphatic heterocycles. The molecule has 1 heterocycles. The number of amides is 1. The van der Waals surface area contributed by atoms with E-state index in [-0.39, 0.29) is 29.3 Å². The minimum atomic E-state index is -3.47. The highest BCUT2D eigenvalue weighted by atomic mass is 35.5. The average Bonchev–Trinajstić information content (AvgIpc) is 3.51. The molecule has 1 aromatic rings. The molecule has 2 fully saturated rings. The van der Waals surface area contributed by atoms with E-state index < -0.39 is 10.0 Å². The zero-order valence-electron chi connectivity index (χ0n) is 15.3. The van der Waals surface area contributed by atoms with Crippen LogP contribution in [0.25, 0.3) is 0 Å². The van der Waals surface area contributed by atoms with Gasteiger partial charge in [0.05, 0.1) is 18.1 Å². The van der Waals surface area contributed by atoms with E-state index in [1.807, 2.05) is 0 Å². The van der Waals surface area contributed by atoms with Crippen molar-refractivity contribution in [2.75, 3.05) is 32.8 Å². The van der Waals surface area contributed by atoms with Crippen molar-refractivity contribution in [1.82, 2.24) is 9.62 Å². The van der Waals surface area contributed by atoms with Gasteiger partial charge in [0, 0.05) is 32.1 Å². The fourth-order valence-corrected chi connectivity index (χ4v) is 4.44. The monoisotopic (exact) mass is 417 g/mol. The normalized spacial score (nSPS) is 19.1. The molecule has 1 saturated heterocycles. The molecule has 2 aliphatic rings. The minimum absolute atomic E-state index is 0. The van der Waals surface area contributed by atoms with Gasteiger partial charge in [0.15, 0.2) is 0 Å². The minimum Gasteiger partial charge on any atom is -0.379 e. The molecule has 0 spiro atoms. The van der Waals surface area contributed by atoms with Crippen molar-refractivity contribution in [3.8, 4) is 0 Å². The number of halogens is 1. The number of rotatable bonds is 8. The van der Waals surface area contributed by atoms with Crippen LogP contribution in [0.1, 0.15) is 24.8 Å². The first-order valence-electron chi connectivity index (χ1n) is 9.16. The zero-order chi connectivity index (χ0) is 18.6. The summed E-state index contributed by atoms with van der Waals surface area (Å²) in [4.78, 5) is 12.2. The fraction of sp³-hybridized carbons (Fsp3) is 0.611. The third kappa shape index (κ3) is 6.15. The molecule has 1 aromatic carbocycles. The van der Waals surface area contributed by atoms with E-state index in [1.54, 1.807) is 24.3 Å². The topological polar surface area (TPSA) is 102 Å². The summed E-state index contributed by atoms with van der Waals surface area (Å²) in [7, 11) is -3.47. The Hall–Kier alpha value is -1.19. The smallest absolute Gasteiger partial charge is 0.243 e. The van der Waals surface area contributed by atoms with E-state index in [1.165, 1.54) is 4.31 Å².